The molecule has 0 radical (unpaired) electrons. The van der Waals surface area contributed by atoms with Gasteiger partial charge in [-0.3, -0.25) is 28.7 Å². The molecule has 0 spiro atoms. The zero-order valence-corrected chi connectivity index (χ0v) is 25.8. The Morgan fingerprint density at radius 2 is 1.84 bits per heavy atom. The smallest absolute Gasteiger partial charge is 0.394 e. The predicted octanol–water partition coefficient (Wildman–Crippen LogP) is 0.743. The van der Waals surface area contributed by atoms with Gasteiger partial charge in [-0.1, -0.05) is 35.5 Å². The summed E-state index contributed by atoms with van der Waals surface area (Å²) in [5, 5.41) is 13.9. The van der Waals surface area contributed by atoms with E-state index in [9.17, 15) is 24.0 Å². The van der Waals surface area contributed by atoms with Crippen molar-refractivity contribution < 1.29 is 14.1 Å². The summed E-state index contributed by atoms with van der Waals surface area (Å²) in [5.74, 6) is -1.30. The van der Waals surface area contributed by atoms with E-state index in [-0.39, 0.29) is 46.7 Å². The fourth-order valence-corrected chi connectivity index (χ4v) is 6.65. The molecule has 0 unspecified atom stereocenters. The second-order valence-corrected chi connectivity index (χ2v) is 12.2. The molecule has 1 aliphatic heterocycles. The van der Waals surface area contributed by atoms with Crippen LogP contribution in [0, 0.1) is 0 Å². The lowest BCUT2D eigenvalue weighted by Gasteiger charge is -2.32. The average Bonchev–Trinajstić information content (AvgIpc) is 3.84. The molecule has 0 fully saturated rings. The molecule has 4 heterocycles. The minimum atomic E-state index is -0.648. The number of aryl methyl sites for hydroxylation is 1. The zero-order valence-electron chi connectivity index (χ0n) is 25.8. The first kappa shape index (κ1) is 29.8. The molecule has 1 atom stereocenters. The maximum Gasteiger partial charge on any atom is 0.439 e. The van der Waals surface area contributed by atoms with Crippen LogP contribution >= 0.6 is 0 Å². The van der Waals surface area contributed by atoms with Crippen molar-refractivity contribution in [2.45, 2.75) is 38.4 Å². The minimum Gasteiger partial charge on any atom is -0.394 e. The number of carbonyl (C=O) groups is 2. The van der Waals surface area contributed by atoms with Gasteiger partial charge in [-0.25, -0.2) is 14.3 Å². The topological polar surface area (TPSA) is 237 Å². The molecule has 8 rings (SSSR count). The number of nitrogens with zero attached hydrogens (tertiary/aromatic N) is 5. The highest BCUT2D eigenvalue weighted by Gasteiger charge is 2.28. The molecule has 0 saturated carbocycles. The zero-order chi connectivity index (χ0) is 34.0. The summed E-state index contributed by atoms with van der Waals surface area (Å²) in [5.41, 5.74) is 16.9. The largest absolute Gasteiger partial charge is 0.439 e. The summed E-state index contributed by atoms with van der Waals surface area (Å²) in [4.78, 5) is 70.9. The SMILES string of the molecule is Nc1c(N2CCc3ccc(CNC(=O)c4cc(C(=O)N[C@H]5CCc6cc(-c7noc(=O)[nH]7)ccc65)nc5c(N)cnn45)cc3C2)c(=O)c1=O. The number of hydrogen-bond acceptors (Lipinski definition) is 12. The first-order valence-corrected chi connectivity index (χ1v) is 15.5. The Morgan fingerprint density at radius 3 is 2.63 bits per heavy atom. The number of amides is 2. The second kappa shape index (κ2) is 11.3. The van der Waals surface area contributed by atoms with Crippen molar-refractivity contribution in [2.75, 3.05) is 22.9 Å². The summed E-state index contributed by atoms with van der Waals surface area (Å²) < 4.78 is 5.90. The lowest BCUT2D eigenvalue weighted by molar-refractivity contribution is 0.0931. The third kappa shape index (κ3) is 5.09. The van der Waals surface area contributed by atoms with Gasteiger partial charge < -0.3 is 27.0 Å². The van der Waals surface area contributed by atoms with Crippen molar-refractivity contribution in [1.29, 1.82) is 0 Å². The average molecular weight is 661 g/mol. The lowest BCUT2D eigenvalue weighted by Crippen LogP contribution is -2.44. The number of aromatic amines is 1. The molecule has 6 aromatic rings. The Morgan fingerprint density at radius 1 is 0.980 bits per heavy atom. The molecule has 3 aromatic heterocycles. The van der Waals surface area contributed by atoms with E-state index in [1.54, 1.807) is 6.07 Å². The number of aromatic nitrogens is 5. The molecule has 0 bridgehead atoms. The third-order valence-corrected chi connectivity index (χ3v) is 9.18. The number of benzene rings is 2. The fourth-order valence-electron chi connectivity index (χ4n) is 6.65. The molecule has 49 heavy (non-hydrogen) atoms. The number of nitrogens with one attached hydrogen (secondary N) is 3. The third-order valence-electron chi connectivity index (χ3n) is 9.18. The molecule has 16 nitrogen and oxygen atoms in total. The molecular weight excluding hydrogens is 632 g/mol. The van der Waals surface area contributed by atoms with E-state index < -0.39 is 28.4 Å². The van der Waals surface area contributed by atoms with Crippen LogP contribution in [0.4, 0.5) is 17.1 Å². The molecule has 0 saturated heterocycles. The number of nitrogens with two attached hydrogens (primary N) is 2. The maximum atomic E-state index is 13.6. The van der Waals surface area contributed by atoms with E-state index in [1.165, 1.54) is 16.8 Å². The van der Waals surface area contributed by atoms with Gasteiger partial charge in [0.15, 0.2) is 11.5 Å². The van der Waals surface area contributed by atoms with Crippen LogP contribution in [-0.2, 0) is 25.9 Å². The van der Waals surface area contributed by atoms with Gasteiger partial charge in [0.25, 0.3) is 22.7 Å². The number of fused-ring (bicyclic) bond motifs is 3. The van der Waals surface area contributed by atoms with E-state index in [4.69, 9.17) is 11.5 Å². The van der Waals surface area contributed by atoms with Crippen molar-refractivity contribution >= 4 is 34.5 Å². The summed E-state index contributed by atoms with van der Waals surface area (Å²) in [6, 6.07) is 12.5. The highest BCUT2D eigenvalue weighted by atomic mass is 16.5. The van der Waals surface area contributed by atoms with Gasteiger partial charge in [-0.05, 0) is 53.1 Å². The Hall–Kier alpha value is -6.58. The van der Waals surface area contributed by atoms with Gasteiger partial charge in [-0.15, -0.1) is 0 Å². The molecular formula is C33H28N10O6. The van der Waals surface area contributed by atoms with Gasteiger partial charge in [-0.2, -0.15) is 5.10 Å². The highest BCUT2D eigenvalue weighted by molar-refractivity contribution is 5.99. The highest BCUT2D eigenvalue weighted by Crippen LogP contribution is 2.34. The van der Waals surface area contributed by atoms with Gasteiger partial charge in [0, 0.05) is 31.3 Å². The van der Waals surface area contributed by atoms with E-state index in [0.717, 1.165) is 27.8 Å². The number of carbonyl (C=O) groups excluding carboxylic acids is 2. The molecule has 3 aromatic carbocycles. The van der Waals surface area contributed by atoms with Crippen LogP contribution in [0.5, 0.6) is 0 Å². The molecule has 1 aliphatic carbocycles. The molecule has 2 amide bonds. The van der Waals surface area contributed by atoms with E-state index >= 15 is 0 Å². The maximum absolute atomic E-state index is 13.6. The summed E-state index contributed by atoms with van der Waals surface area (Å²) in [6.07, 6.45) is 3.38. The monoisotopic (exact) mass is 660 g/mol. The van der Waals surface area contributed by atoms with Crippen LogP contribution in [0.2, 0.25) is 0 Å². The first-order valence-electron chi connectivity index (χ1n) is 15.5. The van der Waals surface area contributed by atoms with Crippen LogP contribution < -0.4 is 43.6 Å². The summed E-state index contributed by atoms with van der Waals surface area (Å²) in [7, 11) is 0. The van der Waals surface area contributed by atoms with Crippen molar-refractivity contribution in [2.24, 2.45) is 0 Å². The van der Waals surface area contributed by atoms with Crippen molar-refractivity contribution in [3.63, 3.8) is 0 Å². The van der Waals surface area contributed by atoms with Crippen molar-refractivity contribution in [1.82, 2.24) is 35.4 Å². The number of anilines is 3. The molecule has 16 heteroatoms. The minimum absolute atomic E-state index is 0.00145. The molecule has 2 aliphatic rings. The Balaban J connectivity index is 0.990. The number of hydrogen-bond donors (Lipinski definition) is 5. The lowest BCUT2D eigenvalue weighted by atomic mass is 9.96. The van der Waals surface area contributed by atoms with Crippen LogP contribution in [0.3, 0.4) is 0 Å². The van der Waals surface area contributed by atoms with Crippen LogP contribution in [-0.4, -0.2) is 43.1 Å². The van der Waals surface area contributed by atoms with E-state index in [2.05, 4.69) is 35.4 Å². The fraction of sp³-hybridized carbons (Fsp3) is 0.212. The Bertz CT molecular complexity index is 2470. The van der Waals surface area contributed by atoms with Crippen molar-refractivity contribution in [3.05, 3.63) is 119 Å². The Labute approximate surface area is 275 Å². The molecule has 7 N–H and O–H groups in total. The normalized spacial score (nSPS) is 15.3. The van der Waals surface area contributed by atoms with Gasteiger partial charge in [0.05, 0.1) is 17.9 Å². The second-order valence-electron chi connectivity index (χ2n) is 12.2. The summed E-state index contributed by atoms with van der Waals surface area (Å²) in [6.45, 7) is 1.15. The first-order chi connectivity index (χ1) is 23.6. The van der Waals surface area contributed by atoms with Crippen LogP contribution in [0.15, 0.2) is 67.6 Å². The summed E-state index contributed by atoms with van der Waals surface area (Å²) >= 11 is 0. The number of H-pyrrole nitrogens is 1. The van der Waals surface area contributed by atoms with Crippen LogP contribution in [0.25, 0.3) is 17.0 Å². The van der Waals surface area contributed by atoms with Crippen LogP contribution in [0.1, 0.15) is 61.3 Å². The van der Waals surface area contributed by atoms with Gasteiger partial charge in [0.2, 0.25) is 0 Å². The quantitative estimate of drug-likeness (QED) is 0.149. The van der Waals surface area contributed by atoms with Gasteiger partial charge in [0.1, 0.15) is 22.8 Å². The number of nitrogen functional groups attached to an aromatic ring is 2. The van der Waals surface area contributed by atoms with Crippen molar-refractivity contribution in [3.8, 4) is 11.4 Å². The number of rotatable bonds is 7. The predicted molar refractivity (Wildman–Crippen MR) is 177 cm³/mol. The van der Waals surface area contributed by atoms with Gasteiger partial charge >= 0.3 is 5.76 Å². The van der Waals surface area contributed by atoms with E-state index in [1.807, 2.05) is 35.2 Å². The standard InChI is InChI=1S/C33H28N10O6/c34-21-13-37-43-24(32(47)36-12-15-1-2-16-7-8-42(14-19(16)9-15)26-25(35)27(44)28(26)45)11-23(38-30(21)43)31(46)39-22-6-4-17-10-18(3-5-20(17)22)29-40-33(48)49-41-29/h1-3,5,9-11,13,22H,4,6-8,12,14,34-35H2,(H,36,47)(H,39,46)(H,40,41,48)/t22-/m0/s1. The van der Waals surface area contributed by atoms with E-state index in [0.29, 0.717) is 43.7 Å². The molecule has 246 valence electrons. The Kier molecular flexibility index (Phi) is 6.87.